The monoisotopic (exact) mass is 507 g/mol. The van der Waals surface area contributed by atoms with E-state index >= 15 is 0 Å². The number of anilines is 1. The molecule has 2 aromatic carbocycles. The van der Waals surface area contributed by atoms with Crippen molar-refractivity contribution >= 4 is 54.0 Å². The highest BCUT2D eigenvalue weighted by Gasteiger charge is 2.23. The summed E-state index contributed by atoms with van der Waals surface area (Å²) < 4.78 is 29.9. The number of hydrogen-bond donors (Lipinski definition) is 0. The molecular weight excluding hydrogens is 482 g/mol. The number of nitrogens with zero attached hydrogens (tertiary/aromatic N) is 3. The van der Waals surface area contributed by atoms with Gasteiger partial charge in [0.2, 0.25) is 0 Å². The topological polar surface area (TPSA) is 79.8 Å². The van der Waals surface area contributed by atoms with Gasteiger partial charge < -0.3 is 4.74 Å². The molecule has 7 nitrogen and oxygen atoms in total. The van der Waals surface area contributed by atoms with E-state index < -0.39 is 9.84 Å². The van der Waals surface area contributed by atoms with Crippen molar-refractivity contribution in [1.29, 1.82) is 0 Å². The first-order chi connectivity index (χ1) is 15.7. The minimum atomic E-state index is -3.34. The van der Waals surface area contributed by atoms with Crippen molar-refractivity contribution in [2.75, 3.05) is 50.5 Å². The van der Waals surface area contributed by atoms with Gasteiger partial charge in [-0.2, -0.15) is 0 Å². The van der Waals surface area contributed by atoms with Crippen molar-refractivity contribution in [3.63, 3.8) is 0 Å². The first kappa shape index (κ1) is 24.1. The SMILES string of the molecule is Cc1ccc(Cl)c2sc(N(CCCN3CCOCC3)C(=O)c3ccc(S(C)(=O)=O)cc3)nc12. The summed E-state index contributed by atoms with van der Waals surface area (Å²) in [7, 11) is -3.34. The highest BCUT2D eigenvalue weighted by atomic mass is 35.5. The Labute approximate surface area is 202 Å². The third-order valence-electron chi connectivity index (χ3n) is 5.65. The maximum atomic E-state index is 13.5. The second-order valence-electron chi connectivity index (χ2n) is 8.10. The lowest BCUT2D eigenvalue weighted by Crippen LogP contribution is -2.39. The van der Waals surface area contributed by atoms with Crippen molar-refractivity contribution in [3.8, 4) is 0 Å². The number of carbonyl (C=O) groups is 1. The average Bonchev–Trinajstić information content (AvgIpc) is 3.26. The summed E-state index contributed by atoms with van der Waals surface area (Å²) >= 11 is 7.80. The Morgan fingerprint density at radius 3 is 2.52 bits per heavy atom. The average molecular weight is 508 g/mol. The van der Waals surface area contributed by atoms with Crippen LogP contribution in [0.1, 0.15) is 22.3 Å². The molecule has 1 saturated heterocycles. The fraction of sp³-hybridized carbons (Fsp3) is 0.391. The van der Waals surface area contributed by atoms with Gasteiger partial charge in [0.05, 0.1) is 33.3 Å². The molecule has 1 aliphatic heterocycles. The second-order valence-corrected chi connectivity index (χ2v) is 11.5. The number of carbonyl (C=O) groups excluding carboxylic acids is 1. The lowest BCUT2D eigenvalue weighted by atomic mass is 10.2. The minimum absolute atomic E-state index is 0.181. The van der Waals surface area contributed by atoms with E-state index in [9.17, 15) is 13.2 Å². The molecule has 0 N–H and O–H groups in total. The molecular formula is C23H26ClN3O4S2. The van der Waals surface area contributed by atoms with Crippen molar-refractivity contribution in [1.82, 2.24) is 9.88 Å². The normalized spacial score (nSPS) is 15.1. The standard InChI is InChI=1S/C23H26ClN3O4S2/c1-16-4-9-19(24)21-20(16)25-23(32-21)27(11-3-10-26-12-14-31-15-13-26)22(28)17-5-7-18(8-6-17)33(2,29)30/h4-9H,3,10-15H2,1-2H3. The van der Waals surface area contributed by atoms with Gasteiger partial charge in [0.15, 0.2) is 15.0 Å². The van der Waals surface area contributed by atoms with E-state index in [4.69, 9.17) is 21.3 Å². The lowest BCUT2D eigenvalue weighted by Gasteiger charge is -2.27. The van der Waals surface area contributed by atoms with E-state index in [2.05, 4.69) is 4.90 Å². The Bertz CT molecular complexity index is 1210. The summed E-state index contributed by atoms with van der Waals surface area (Å²) in [4.78, 5) is 22.4. The van der Waals surface area contributed by atoms with Gasteiger partial charge in [0.25, 0.3) is 5.91 Å². The van der Waals surface area contributed by atoms with E-state index in [1.54, 1.807) is 17.0 Å². The summed E-state index contributed by atoms with van der Waals surface area (Å²) in [5, 5.41) is 1.19. The Morgan fingerprint density at radius 2 is 1.88 bits per heavy atom. The van der Waals surface area contributed by atoms with Crippen LogP contribution >= 0.6 is 22.9 Å². The largest absolute Gasteiger partial charge is 0.379 e. The number of amides is 1. The number of sulfone groups is 1. The maximum Gasteiger partial charge on any atom is 0.260 e. The van der Waals surface area contributed by atoms with Crippen molar-refractivity contribution < 1.29 is 17.9 Å². The summed E-state index contributed by atoms with van der Waals surface area (Å²) in [5.74, 6) is -0.218. The fourth-order valence-corrected chi connectivity index (χ4v) is 5.74. The summed E-state index contributed by atoms with van der Waals surface area (Å²) in [6, 6.07) is 9.80. The highest BCUT2D eigenvalue weighted by Crippen LogP contribution is 2.36. The first-order valence-electron chi connectivity index (χ1n) is 10.7. The molecule has 0 spiro atoms. The van der Waals surface area contributed by atoms with Gasteiger partial charge in [-0.15, -0.1) is 0 Å². The predicted molar refractivity (Wildman–Crippen MR) is 132 cm³/mol. The molecule has 1 fully saturated rings. The number of aryl methyl sites for hydroxylation is 1. The minimum Gasteiger partial charge on any atom is -0.379 e. The van der Waals surface area contributed by atoms with E-state index in [-0.39, 0.29) is 10.8 Å². The second kappa shape index (κ2) is 10.1. The molecule has 0 atom stereocenters. The van der Waals surface area contributed by atoms with E-state index in [0.29, 0.717) is 22.3 Å². The third kappa shape index (κ3) is 5.55. The van der Waals surface area contributed by atoms with Crippen LogP contribution in [-0.2, 0) is 14.6 Å². The predicted octanol–water partition coefficient (Wildman–Crippen LogP) is 4.03. The van der Waals surface area contributed by atoms with Gasteiger partial charge >= 0.3 is 0 Å². The van der Waals surface area contributed by atoms with Crippen LogP contribution in [0.25, 0.3) is 10.2 Å². The summed E-state index contributed by atoms with van der Waals surface area (Å²) in [5.41, 5.74) is 2.20. The lowest BCUT2D eigenvalue weighted by molar-refractivity contribution is 0.0376. The number of benzene rings is 2. The first-order valence-corrected chi connectivity index (χ1v) is 13.8. The van der Waals surface area contributed by atoms with Crippen molar-refractivity contribution in [2.45, 2.75) is 18.2 Å². The van der Waals surface area contributed by atoms with Gasteiger partial charge in [-0.3, -0.25) is 14.6 Å². The third-order valence-corrected chi connectivity index (χ3v) is 8.32. The molecule has 10 heteroatoms. The fourth-order valence-electron chi connectivity index (χ4n) is 3.77. The van der Waals surface area contributed by atoms with Crippen LogP contribution in [0.3, 0.4) is 0 Å². The van der Waals surface area contributed by atoms with Crippen molar-refractivity contribution in [3.05, 3.63) is 52.5 Å². The molecule has 33 heavy (non-hydrogen) atoms. The zero-order valence-electron chi connectivity index (χ0n) is 18.6. The number of aromatic nitrogens is 1. The molecule has 176 valence electrons. The van der Waals surface area contributed by atoms with Crippen LogP contribution in [0.4, 0.5) is 5.13 Å². The number of halogens is 1. The zero-order valence-corrected chi connectivity index (χ0v) is 21.0. The molecule has 1 aromatic heterocycles. The number of ether oxygens (including phenoxy) is 1. The zero-order chi connectivity index (χ0) is 23.6. The smallest absolute Gasteiger partial charge is 0.260 e. The molecule has 2 heterocycles. The van der Waals surface area contributed by atoms with E-state index in [0.717, 1.165) is 61.3 Å². The number of hydrogen-bond acceptors (Lipinski definition) is 7. The molecule has 0 radical (unpaired) electrons. The van der Waals surface area contributed by atoms with Gasteiger partial charge in [-0.1, -0.05) is 29.0 Å². The number of rotatable bonds is 7. The van der Waals surface area contributed by atoms with Crippen LogP contribution in [0, 0.1) is 6.92 Å². The van der Waals surface area contributed by atoms with Gasteiger partial charge in [-0.05, 0) is 49.2 Å². The Balaban J connectivity index is 1.62. The molecule has 1 aliphatic rings. The quantitative estimate of drug-likeness (QED) is 0.480. The molecule has 0 unspecified atom stereocenters. The molecule has 0 saturated carbocycles. The van der Waals surface area contributed by atoms with Crippen LogP contribution in [0.2, 0.25) is 5.02 Å². The van der Waals surface area contributed by atoms with Gasteiger partial charge in [0.1, 0.15) is 0 Å². The Hall–Kier alpha value is -2.04. The van der Waals surface area contributed by atoms with Crippen LogP contribution < -0.4 is 4.90 Å². The van der Waals surface area contributed by atoms with Crippen LogP contribution in [-0.4, -0.2) is 69.9 Å². The number of fused-ring (bicyclic) bond motifs is 1. The van der Waals surface area contributed by atoms with Crippen LogP contribution in [0.5, 0.6) is 0 Å². The van der Waals surface area contributed by atoms with Gasteiger partial charge in [-0.25, -0.2) is 13.4 Å². The maximum absolute atomic E-state index is 13.5. The molecule has 3 aromatic rings. The molecule has 4 rings (SSSR count). The van der Waals surface area contributed by atoms with Crippen molar-refractivity contribution in [2.24, 2.45) is 0 Å². The van der Waals surface area contributed by atoms with Crippen LogP contribution in [0.15, 0.2) is 41.3 Å². The Morgan fingerprint density at radius 1 is 1.18 bits per heavy atom. The Kier molecular flexibility index (Phi) is 7.35. The highest BCUT2D eigenvalue weighted by molar-refractivity contribution is 7.90. The molecule has 0 aliphatic carbocycles. The molecule has 1 amide bonds. The summed E-state index contributed by atoms with van der Waals surface area (Å²) in [6.45, 7) is 6.53. The van der Waals surface area contributed by atoms with E-state index in [1.807, 2.05) is 19.1 Å². The van der Waals surface area contributed by atoms with E-state index in [1.165, 1.54) is 23.5 Å². The number of morpholine rings is 1. The molecule has 0 bridgehead atoms. The summed E-state index contributed by atoms with van der Waals surface area (Å²) in [6.07, 6.45) is 1.92. The number of thiazole rings is 1. The van der Waals surface area contributed by atoms with Gasteiger partial charge in [0, 0.05) is 38.0 Å².